The quantitative estimate of drug-likeness (QED) is 0.789. The molecule has 1 aliphatic rings. The van der Waals surface area contributed by atoms with E-state index in [1.165, 1.54) is 6.42 Å². The molecule has 0 bridgehead atoms. The summed E-state index contributed by atoms with van der Waals surface area (Å²) in [5.74, 6) is 0.563. The van der Waals surface area contributed by atoms with Gasteiger partial charge in [0.1, 0.15) is 0 Å². The lowest BCUT2D eigenvalue weighted by atomic mass is 10.1. The Balaban J connectivity index is 1.80. The van der Waals surface area contributed by atoms with Gasteiger partial charge in [0.2, 0.25) is 0 Å². The number of nitrogens with zero attached hydrogens (tertiary/aromatic N) is 3. The molecule has 1 saturated heterocycles. The van der Waals surface area contributed by atoms with Crippen molar-refractivity contribution in [2.45, 2.75) is 6.42 Å². The number of amides is 1. The second kappa shape index (κ2) is 4.65. The van der Waals surface area contributed by atoms with Crippen molar-refractivity contribution in [2.24, 2.45) is 13.0 Å². The van der Waals surface area contributed by atoms with Crippen molar-refractivity contribution >= 4 is 5.91 Å². The smallest absolute Gasteiger partial charge is 0.254 e. The summed E-state index contributed by atoms with van der Waals surface area (Å²) in [6.07, 6.45) is 4.50. The van der Waals surface area contributed by atoms with Crippen LogP contribution in [0.15, 0.2) is 12.4 Å². The molecule has 1 aromatic heterocycles. The van der Waals surface area contributed by atoms with Crippen LogP contribution in [0.5, 0.6) is 0 Å². The molecule has 2 heterocycles. The van der Waals surface area contributed by atoms with Crippen LogP contribution in [-0.2, 0) is 7.05 Å². The lowest BCUT2D eigenvalue weighted by Crippen LogP contribution is -2.30. The van der Waals surface area contributed by atoms with E-state index in [9.17, 15) is 4.79 Å². The van der Waals surface area contributed by atoms with Crippen molar-refractivity contribution in [1.82, 2.24) is 20.0 Å². The van der Waals surface area contributed by atoms with Crippen LogP contribution in [0.4, 0.5) is 0 Å². The lowest BCUT2D eigenvalue weighted by molar-refractivity contribution is 0.0947. The van der Waals surface area contributed by atoms with Crippen molar-refractivity contribution in [1.29, 1.82) is 0 Å². The highest BCUT2D eigenvalue weighted by Gasteiger charge is 2.20. The molecule has 1 N–H and O–H groups in total. The molecule has 1 aliphatic heterocycles. The molecular formula is C11H18N4O. The second-order valence-electron chi connectivity index (χ2n) is 4.53. The molecule has 0 spiro atoms. The Morgan fingerprint density at radius 2 is 2.44 bits per heavy atom. The molecule has 0 aliphatic carbocycles. The first kappa shape index (κ1) is 11.1. The number of hydrogen-bond donors (Lipinski definition) is 1. The maximum atomic E-state index is 11.7. The van der Waals surface area contributed by atoms with E-state index < -0.39 is 0 Å². The van der Waals surface area contributed by atoms with Gasteiger partial charge >= 0.3 is 0 Å². The number of hydrogen-bond acceptors (Lipinski definition) is 3. The van der Waals surface area contributed by atoms with E-state index in [4.69, 9.17) is 0 Å². The van der Waals surface area contributed by atoms with Gasteiger partial charge in [-0.25, -0.2) is 0 Å². The van der Waals surface area contributed by atoms with Crippen LogP contribution in [0.3, 0.4) is 0 Å². The van der Waals surface area contributed by atoms with Gasteiger partial charge in [-0.3, -0.25) is 9.48 Å². The fourth-order valence-corrected chi connectivity index (χ4v) is 2.07. The van der Waals surface area contributed by atoms with Gasteiger partial charge in [-0.15, -0.1) is 0 Å². The average molecular weight is 222 g/mol. The SMILES string of the molecule is CN1CCC(CNC(=O)c2cnn(C)c2)C1. The Labute approximate surface area is 95.4 Å². The maximum Gasteiger partial charge on any atom is 0.254 e. The number of carbonyl (C=O) groups excluding carboxylic acids is 1. The molecule has 5 heteroatoms. The van der Waals surface area contributed by atoms with Gasteiger partial charge in [0, 0.05) is 26.3 Å². The molecule has 16 heavy (non-hydrogen) atoms. The predicted octanol–water partition coefficient (Wildman–Crippen LogP) is 0.102. The zero-order valence-electron chi connectivity index (χ0n) is 9.81. The van der Waals surface area contributed by atoms with Gasteiger partial charge in [0.15, 0.2) is 0 Å². The molecule has 0 aromatic carbocycles. The monoisotopic (exact) mass is 222 g/mol. The van der Waals surface area contributed by atoms with E-state index >= 15 is 0 Å². The van der Waals surface area contributed by atoms with E-state index in [0.29, 0.717) is 11.5 Å². The third-order valence-corrected chi connectivity index (χ3v) is 3.01. The Hall–Kier alpha value is -1.36. The van der Waals surface area contributed by atoms with E-state index in [2.05, 4.69) is 22.4 Å². The van der Waals surface area contributed by atoms with Crippen LogP contribution in [0.1, 0.15) is 16.8 Å². The Morgan fingerprint density at radius 1 is 1.62 bits per heavy atom. The van der Waals surface area contributed by atoms with Gasteiger partial charge in [-0.05, 0) is 25.9 Å². The van der Waals surface area contributed by atoms with Crippen molar-refractivity contribution in [3.63, 3.8) is 0 Å². The number of nitrogens with one attached hydrogen (secondary N) is 1. The Morgan fingerprint density at radius 3 is 3.00 bits per heavy atom. The van der Waals surface area contributed by atoms with E-state index in [-0.39, 0.29) is 5.91 Å². The number of aryl methyl sites for hydroxylation is 1. The summed E-state index contributed by atoms with van der Waals surface area (Å²) in [5.41, 5.74) is 0.633. The highest BCUT2D eigenvalue weighted by Crippen LogP contribution is 2.12. The highest BCUT2D eigenvalue weighted by molar-refractivity contribution is 5.93. The van der Waals surface area contributed by atoms with Crippen LogP contribution in [0.25, 0.3) is 0 Å². The van der Waals surface area contributed by atoms with E-state index in [1.54, 1.807) is 17.1 Å². The molecule has 1 unspecified atom stereocenters. The molecule has 1 atom stereocenters. The Kier molecular flexibility index (Phi) is 3.24. The van der Waals surface area contributed by atoms with Gasteiger partial charge in [0.05, 0.1) is 11.8 Å². The number of aromatic nitrogens is 2. The topological polar surface area (TPSA) is 50.2 Å². The van der Waals surface area contributed by atoms with Crippen molar-refractivity contribution < 1.29 is 4.79 Å². The van der Waals surface area contributed by atoms with Crippen molar-refractivity contribution in [3.8, 4) is 0 Å². The van der Waals surface area contributed by atoms with Gasteiger partial charge in [0.25, 0.3) is 5.91 Å². The second-order valence-corrected chi connectivity index (χ2v) is 4.53. The van der Waals surface area contributed by atoms with Crippen LogP contribution in [0, 0.1) is 5.92 Å². The molecule has 2 rings (SSSR count). The first-order valence-electron chi connectivity index (χ1n) is 5.60. The summed E-state index contributed by atoms with van der Waals surface area (Å²) in [6.45, 7) is 2.97. The standard InChI is InChI=1S/C11H18N4O/c1-14-4-3-9(7-14)5-12-11(16)10-6-13-15(2)8-10/h6,8-9H,3-5,7H2,1-2H3,(H,12,16). The summed E-state index contributed by atoms with van der Waals surface area (Å²) < 4.78 is 1.64. The normalized spacial score (nSPS) is 21.2. The third-order valence-electron chi connectivity index (χ3n) is 3.01. The lowest BCUT2D eigenvalue weighted by Gasteiger charge is -2.10. The zero-order valence-corrected chi connectivity index (χ0v) is 9.81. The third kappa shape index (κ3) is 2.61. The number of rotatable bonds is 3. The molecule has 1 fully saturated rings. The van der Waals surface area contributed by atoms with Gasteiger partial charge < -0.3 is 10.2 Å². The number of likely N-dealkylation sites (tertiary alicyclic amines) is 1. The van der Waals surface area contributed by atoms with E-state index in [0.717, 1.165) is 19.6 Å². The van der Waals surface area contributed by atoms with Crippen molar-refractivity contribution in [3.05, 3.63) is 18.0 Å². The zero-order chi connectivity index (χ0) is 11.5. The molecule has 5 nitrogen and oxygen atoms in total. The largest absolute Gasteiger partial charge is 0.352 e. The molecule has 1 aromatic rings. The maximum absolute atomic E-state index is 11.7. The summed E-state index contributed by atoms with van der Waals surface area (Å²) in [5, 5.41) is 6.93. The fraction of sp³-hybridized carbons (Fsp3) is 0.636. The van der Waals surface area contributed by atoms with Crippen molar-refractivity contribution in [2.75, 3.05) is 26.7 Å². The molecular weight excluding hydrogens is 204 g/mol. The van der Waals surface area contributed by atoms with Crippen LogP contribution < -0.4 is 5.32 Å². The minimum absolute atomic E-state index is 0.0253. The average Bonchev–Trinajstić information content (AvgIpc) is 2.84. The van der Waals surface area contributed by atoms with Gasteiger partial charge in [-0.1, -0.05) is 0 Å². The minimum atomic E-state index is -0.0253. The van der Waals surface area contributed by atoms with E-state index in [1.807, 2.05) is 7.05 Å². The number of carbonyl (C=O) groups is 1. The fourth-order valence-electron chi connectivity index (χ4n) is 2.07. The summed E-state index contributed by atoms with van der Waals surface area (Å²) in [4.78, 5) is 14.0. The first-order valence-corrected chi connectivity index (χ1v) is 5.60. The van der Waals surface area contributed by atoms with Crippen LogP contribution in [-0.4, -0.2) is 47.3 Å². The minimum Gasteiger partial charge on any atom is -0.352 e. The van der Waals surface area contributed by atoms with Gasteiger partial charge in [-0.2, -0.15) is 5.10 Å². The summed E-state index contributed by atoms with van der Waals surface area (Å²) in [6, 6.07) is 0. The molecule has 88 valence electrons. The summed E-state index contributed by atoms with van der Waals surface area (Å²) in [7, 11) is 3.92. The predicted molar refractivity (Wildman–Crippen MR) is 61.1 cm³/mol. The first-order chi connectivity index (χ1) is 7.65. The summed E-state index contributed by atoms with van der Waals surface area (Å²) >= 11 is 0. The van der Waals surface area contributed by atoms with Crippen LogP contribution >= 0.6 is 0 Å². The Bertz CT molecular complexity index is 374. The molecule has 1 amide bonds. The van der Waals surface area contributed by atoms with Crippen LogP contribution in [0.2, 0.25) is 0 Å². The molecule has 0 radical (unpaired) electrons. The molecule has 0 saturated carbocycles. The highest BCUT2D eigenvalue weighted by atomic mass is 16.1.